The van der Waals surface area contributed by atoms with Crippen molar-refractivity contribution in [1.82, 2.24) is 0 Å². The highest BCUT2D eigenvalue weighted by Crippen LogP contribution is 2.28. The molecule has 0 saturated carbocycles. The van der Waals surface area contributed by atoms with Gasteiger partial charge in [-0.3, -0.25) is 0 Å². The summed E-state index contributed by atoms with van der Waals surface area (Å²) >= 11 is 1.81. The molecule has 0 amide bonds. The number of thioether (sulfide) groups is 1. The maximum Gasteiger partial charge on any atom is 0.328 e. The molecular formula is C14H18O4S. The summed E-state index contributed by atoms with van der Waals surface area (Å²) < 4.78 is 10.9. The third-order valence-electron chi connectivity index (χ3n) is 2.30. The molecule has 0 aromatic heterocycles. The van der Waals surface area contributed by atoms with E-state index < -0.39 is 5.97 Å². The molecular weight excluding hydrogens is 264 g/mol. The smallest absolute Gasteiger partial charge is 0.328 e. The number of carbonyl (C=O) groups is 1. The Kier molecular flexibility index (Phi) is 6.89. The van der Waals surface area contributed by atoms with Crippen LogP contribution in [0.4, 0.5) is 0 Å². The second kappa shape index (κ2) is 8.48. The van der Waals surface area contributed by atoms with Gasteiger partial charge in [0.25, 0.3) is 0 Å². The van der Waals surface area contributed by atoms with Crippen LogP contribution in [0.15, 0.2) is 24.3 Å². The van der Waals surface area contributed by atoms with Crippen LogP contribution >= 0.6 is 11.8 Å². The summed E-state index contributed by atoms with van der Waals surface area (Å²) in [7, 11) is 1.56. The van der Waals surface area contributed by atoms with E-state index in [0.717, 1.165) is 23.1 Å². The lowest BCUT2D eigenvalue weighted by molar-refractivity contribution is -0.131. The molecule has 0 aliphatic rings. The van der Waals surface area contributed by atoms with E-state index >= 15 is 0 Å². The van der Waals surface area contributed by atoms with Crippen molar-refractivity contribution in [3.05, 3.63) is 29.8 Å². The van der Waals surface area contributed by atoms with Gasteiger partial charge in [0.2, 0.25) is 0 Å². The fourth-order valence-corrected chi connectivity index (χ4v) is 1.92. The van der Waals surface area contributed by atoms with Crippen molar-refractivity contribution in [3.63, 3.8) is 0 Å². The van der Waals surface area contributed by atoms with Crippen LogP contribution in [-0.2, 0) is 4.79 Å². The summed E-state index contributed by atoms with van der Waals surface area (Å²) in [6.45, 7) is 2.73. The topological polar surface area (TPSA) is 55.8 Å². The van der Waals surface area contributed by atoms with Crippen LogP contribution in [0.3, 0.4) is 0 Å². The zero-order chi connectivity index (χ0) is 14.1. The lowest BCUT2D eigenvalue weighted by Gasteiger charge is -2.11. The van der Waals surface area contributed by atoms with Crippen molar-refractivity contribution in [2.75, 3.05) is 25.2 Å². The van der Waals surface area contributed by atoms with Gasteiger partial charge in [-0.15, -0.1) is 0 Å². The van der Waals surface area contributed by atoms with Gasteiger partial charge in [-0.05, 0) is 29.5 Å². The highest BCUT2D eigenvalue weighted by Gasteiger charge is 2.04. The first-order valence-corrected chi connectivity index (χ1v) is 7.12. The van der Waals surface area contributed by atoms with Gasteiger partial charge in [-0.25, -0.2) is 4.79 Å². The fraction of sp³-hybridized carbons (Fsp3) is 0.357. The molecule has 0 radical (unpaired) electrons. The number of methoxy groups -OCH3 is 1. The SMILES string of the molecule is CCSCCOc1ccc(/C=C/C(=O)O)cc1OC. The number of aliphatic carboxylic acids is 1. The van der Waals surface area contributed by atoms with Crippen LogP contribution in [0.25, 0.3) is 6.08 Å². The van der Waals surface area contributed by atoms with Crippen LogP contribution in [0, 0.1) is 0 Å². The Hall–Kier alpha value is -1.62. The minimum atomic E-state index is -0.976. The molecule has 1 N–H and O–H groups in total. The molecule has 0 aliphatic carbocycles. The van der Waals surface area contributed by atoms with Crippen LogP contribution in [0.2, 0.25) is 0 Å². The average Bonchev–Trinajstić information content (AvgIpc) is 2.42. The van der Waals surface area contributed by atoms with Gasteiger partial charge >= 0.3 is 5.97 Å². The summed E-state index contributed by atoms with van der Waals surface area (Å²) in [5.74, 6) is 2.30. The monoisotopic (exact) mass is 282 g/mol. The second-order valence-electron chi connectivity index (χ2n) is 3.63. The van der Waals surface area contributed by atoms with Gasteiger partial charge in [0.05, 0.1) is 13.7 Å². The van der Waals surface area contributed by atoms with Gasteiger partial charge in [0, 0.05) is 11.8 Å². The molecule has 0 fully saturated rings. The quantitative estimate of drug-likeness (QED) is 0.587. The molecule has 4 nitrogen and oxygen atoms in total. The average molecular weight is 282 g/mol. The number of hydrogen-bond donors (Lipinski definition) is 1. The Bertz CT molecular complexity index is 443. The van der Waals surface area contributed by atoms with Crippen LogP contribution in [0.1, 0.15) is 12.5 Å². The van der Waals surface area contributed by atoms with Crippen molar-refractivity contribution in [1.29, 1.82) is 0 Å². The van der Waals surface area contributed by atoms with E-state index in [0.29, 0.717) is 18.1 Å². The number of ether oxygens (including phenoxy) is 2. The van der Waals surface area contributed by atoms with E-state index in [-0.39, 0.29) is 0 Å². The van der Waals surface area contributed by atoms with Gasteiger partial charge < -0.3 is 14.6 Å². The Labute approximate surface area is 117 Å². The van der Waals surface area contributed by atoms with E-state index in [1.165, 1.54) is 6.08 Å². The number of hydrogen-bond acceptors (Lipinski definition) is 4. The molecule has 0 unspecified atom stereocenters. The zero-order valence-electron chi connectivity index (χ0n) is 11.1. The maximum absolute atomic E-state index is 10.5. The molecule has 0 atom stereocenters. The first-order chi connectivity index (χ1) is 9.17. The fourth-order valence-electron chi connectivity index (χ4n) is 1.43. The predicted octanol–water partition coefficient (Wildman–Crippen LogP) is 2.92. The predicted molar refractivity (Wildman–Crippen MR) is 78.2 cm³/mol. The van der Waals surface area contributed by atoms with Gasteiger partial charge in [-0.1, -0.05) is 13.0 Å². The normalized spacial score (nSPS) is 10.6. The minimum Gasteiger partial charge on any atom is -0.493 e. The molecule has 0 saturated heterocycles. The third kappa shape index (κ3) is 5.70. The van der Waals surface area contributed by atoms with Crippen molar-refractivity contribution in [3.8, 4) is 11.5 Å². The van der Waals surface area contributed by atoms with E-state index in [9.17, 15) is 4.79 Å². The zero-order valence-corrected chi connectivity index (χ0v) is 11.9. The first kappa shape index (κ1) is 15.4. The van der Waals surface area contributed by atoms with Gasteiger partial charge in [0.15, 0.2) is 11.5 Å². The molecule has 5 heteroatoms. The Morgan fingerprint density at radius 2 is 2.21 bits per heavy atom. The lowest BCUT2D eigenvalue weighted by Crippen LogP contribution is -2.02. The summed E-state index contributed by atoms with van der Waals surface area (Å²) in [5.41, 5.74) is 0.759. The summed E-state index contributed by atoms with van der Waals surface area (Å²) in [5, 5.41) is 8.58. The summed E-state index contributed by atoms with van der Waals surface area (Å²) in [4.78, 5) is 10.5. The van der Waals surface area contributed by atoms with Crippen LogP contribution in [-0.4, -0.2) is 36.3 Å². The molecule has 0 heterocycles. The first-order valence-electron chi connectivity index (χ1n) is 5.97. The Morgan fingerprint density at radius 3 is 2.84 bits per heavy atom. The summed E-state index contributed by atoms with van der Waals surface area (Å²) in [6, 6.07) is 5.34. The van der Waals surface area contributed by atoms with E-state index in [4.69, 9.17) is 14.6 Å². The van der Waals surface area contributed by atoms with Gasteiger partial charge in [-0.2, -0.15) is 11.8 Å². The molecule has 19 heavy (non-hydrogen) atoms. The third-order valence-corrected chi connectivity index (χ3v) is 3.16. The van der Waals surface area contributed by atoms with Crippen molar-refractivity contribution in [2.24, 2.45) is 0 Å². The standard InChI is InChI=1S/C14H18O4S/c1-3-19-9-8-18-12-6-4-11(5-7-14(15)16)10-13(12)17-2/h4-7,10H,3,8-9H2,1-2H3,(H,15,16)/b7-5+. The molecule has 0 aliphatic heterocycles. The number of rotatable bonds is 8. The molecule has 0 bridgehead atoms. The van der Waals surface area contributed by atoms with Crippen molar-refractivity contribution < 1.29 is 19.4 Å². The molecule has 1 aromatic carbocycles. The molecule has 104 valence electrons. The van der Waals surface area contributed by atoms with E-state index in [1.54, 1.807) is 25.3 Å². The van der Waals surface area contributed by atoms with Gasteiger partial charge in [0.1, 0.15) is 0 Å². The maximum atomic E-state index is 10.5. The lowest BCUT2D eigenvalue weighted by atomic mass is 10.2. The summed E-state index contributed by atoms with van der Waals surface area (Å²) in [6.07, 6.45) is 2.61. The number of carboxylic acid groups (broad SMARTS) is 1. The molecule has 1 rings (SSSR count). The largest absolute Gasteiger partial charge is 0.493 e. The Morgan fingerprint density at radius 1 is 1.42 bits per heavy atom. The van der Waals surface area contributed by atoms with Crippen molar-refractivity contribution in [2.45, 2.75) is 6.92 Å². The Balaban J connectivity index is 2.70. The highest BCUT2D eigenvalue weighted by molar-refractivity contribution is 7.99. The van der Waals surface area contributed by atoms with Crippen LogP contribution in [0.5, 0.6) is 11.5 Å². The van der Waals surface area contributed by atoms with Crippen LogP contribution < -0.4 is 9.47 Å². The molecule has 1 aromatic rings. The van der Waals surface area contributed by atoms with E-state index in [2.05, 4.69) is 6.92 Å². The van der Waals surface area contributed by atoms with Crippen molar-refractivity contribution >= 4 is 23.8 Å². The second-order valence-corrected chi connectivity index (χ2v) is 5.02. The molecule has 0 spiro atoms. The number of benzene rings is 1. The highest BCUT2D eigenvalue weighted by atomic mass is 32.2. The van der Waals surface area contributed by atoms with E-state index in [1.807, 2.05) is 11.8 Å². The number of carboxylic acids is 1. The minimum absolute atomic E-state index is 0.606.